The molecule has 0 spiro atoms. The van der Waals surface area contributed by atoms with Crippen molar-refractivity contribution in [1.29, 1.82) is 0 Å². The number of non-ortho nitro benzene ring substituents is 1. The molecule has 1 fully saturated rings. The molecule has 1 saturated heterocycles. The van der Waals surface area contributed by atoms with Crippen molar-refractivity contribution in [2.24, 2.45) is 0 Å². The van der Waals surface area contributed by atoms with Crippen LogP contribution in [0, 0.1) is 10.1 Å². The van der Waals surface area contributed by atoms with Crippen molar-refractivity contribution >= 4 is 11.7 Å². The van der Waals surface area contributed by atoms with E-state index in [-0.39, 0.29) is 16.8 Å². The first-order chi connectivity index (χ1) is 10.1. The maximum absolute atomic E-state index is 12.3. The largest absolute Gasteiger partial charge is 0.363 e. The number of hydrogen-bond acceptors (Lipinski definition) is 5. The second kappa shape index (κ2) is 5.68. The maximum Gasteiger partial charge on any atom is 0.357 e. The van der Waals surface area contributed by atoms with Crippen LogP contribution >= 0.6 is 0 Å². The highest BCUT2D eigenvalue weighted by Crippen LogP contribution is 2.38. The van der Waals surface area contributed by atoms with Crippen molar-refractivity contribution in [3.63, 3.8) is 0 Å². The lowest BCUT2D eigenvalue weighted by atomic mass is 9.82. The van der Waals surface area contributed by atoms with Gasteiger partial charge in [0.1, 0.15) is 0 Å². The van der Waals surface area contributed by atoms with Crippen molar-refractivity contribution in [2.45, 2.75) is 58.0 Å². The van der Waals surface area contributed by atoms with Gasteiger partial charge in [0.05, 0.1) is 21.6 Å². The molecule has 0 aromatic heterocycles. The standard InChI is InChI=1S/C16H22N2O4/c1-15(2)10-5-11-16(3,4)18(15)22-14(19)12-6-8-13(9-7-12)17(20)21/h6-9H,5,10-11H2,1-4H3. The van der Waals surface area contributed by atoms with Crippen LogP contribution < -0.4 is 0 Å². The summed E-state index contributed by atoms with van der Waals surface area (Å²) in [5, 5.41) is 12.4. The zero-order chi connectivity index (χ0) is 16.5. The number of hydroxylamine groups is 2. The number of nitrogens with zero attached hydrogens (tertiary/aromatic N) is 2. The smallest absolute Gasteiger partial charge is 0.357 e. The van der Waals surface area contributed by atoms with Gasteiger partial charge in [-0.2, -0.15) is 0 Å². The Morgan fingerprint density at radius 1 is 1.14 bits per heavy atom. The summed E-state index contributed by atoms with van der Waals surface area (Å²) < 4.78 is 0. The zero-order valence-corrected chi connectivity index (χ0v) is 13.5. The predicted molar refractivity (Wildman–Crippen MR) is 82.4 cm³/mol. The van der Waals surface area contributed by atoms with Crippen LogP contribution in [0.3, 0.4) is 0 Å². The lowest BCUT2D eigenvalue weighted by molar-refractivity contribution is -0.384. The van der Waals surface area contributed by atoms with E-state index >= 15 is 0 Å². The van der Waals surface area contributed by atoms with Crippen LogP contribution in [0.25, 0.3) is 0 Å². The van der Waals surface area contributed by atoms with E-state index in [1.165, 1.54) is 24.3 Å². The molecule has 22 heavy (non-hydrogen) atoms. The number of hydrogen-bond donors (Lipinski definition) is 0. The SMILES string of the molecule is CC1(C)CCCC(C)(C)N1OC(=O)c1ccc([N+](=O)[O-])cc1. The molecule has 1 aromatic rings. The van der Waals surface area contributed by atoms with E-state index in [9.17, 15) is 14.9 Å². The Balaban J connectivity index is 2.17. The predicted octanol–water partition coefficient (Wildman–Crippen LogP) is 3.71. The average Bonchev–Trinajstić information content (AvgIpc) is 2.42. The molecule has 120 valence electrons. The Hall–Kier alpha value is -1.95. The molecule has 0 unspecified atom stereocenters. The van der Waals surface area contributed by atoms with E-state index in [0.717, 1.165) is 19.3 Å². The van der Waals surface area contributed by atoms with Gasteiger partial charge in [-0.15, -0.1) is 5.06 Å². The van der Waals surface area contributed by atoms with Gasteiger partial charge in [0.2, 0.25) is 0 Å². The molecule has 1 aromatic carbocycles. The molecule has 0 amide bonds. The summed E-state index contributed by atoms with van der Waals surface area (Å²) in [5.41, 5.74) is -0.214. The minimum atomic E-state index is -0.494. The lowest BCUT2D eigenvalue weighted by Gasteiger charge is -2.50. The number of rotatable bonds is 3. The first kappa shape index (κ1) is 16.4. The number of piperidine rings is 1. The Kier molecular flexibility index (Phi) is 4.24. The van der Waals surface area contributed by atoms with E-state index in [2.05, 4.69) is 27.7 Å². The number of nitro benzene ring substituents is 1. The second-order valence-electron chi connectivity index (χ2n) is 6.96. The highest BCUT2D eigenvalue weighted by Gasteiger charge is 2.44. The summed E-state index contributed by atoms with van der Waals surface area (Å²) in [6.45, 7) is 8.21. The second-order valence-corrected chi connectivity index (χ2v) is 6.96. The molecular weight excluding hydrogens is 284 g/mol. The average molecular weight is 306 g/mol. The van der Waals surface area contributed by atoms with Gasteiger partial charge in [0.25, 0.3) is 5.69 Å². The van der Waals surface area contributed by atoms with Gasteiger partial charge in [-0.3, -0.25) is 10.1 Å². The van der Waals surface area contributed by atoms with E-state index in [0.29, 0.717) is 5.56 Å². The van der Waals surface area contributed by atoms with Gasteiger partial charge in [0, 0.05) is 12.1 Å². The number of nitro groups is 1. The molecule has 0 aliphatic carbocycles. The van der Waals surface area contributed by atoms with Crippen molar-refractivity contribution in [1.82, 2.24) is 5.06 Å². The van der Waals surface area contributed by atoms with E-state index in [1.54, 1.807) is 5.06 Å². The fourth-order valence-corrected chi connectivity index (χ4v) is 3.08. The molecule has 6 heteroatoms. The molecule has 2 rings (SSSR count). The fraction of sp³-hybridized carbons (Fsp3) is 0.562. The van der Waals surface area contributed by atoms with Crippen molar-refractivity contribution < 1.29 is 14.6 Å². The van der Waals surface area contributed by atoms with Gasteiger partial charge in [-0.05, 0) is 59.1 Å². The molecule has 0 atom stereocenters. The summed E-state index contributed by atoms with van der Waals surface area (Å²) in [7, 11) is 0. The van der Waals surface area contributed by atoms with Crippen LogP contribution in [0.4, 0.5) is 5.69 Å². The molecule has 1 heterocycles. The number of benzene rings is 1. The van der Waals surface area contributed by atoms with E-state index < -0.39 is 10.9 Å². The third-order valence-electron chi connectivity index (χ3n) is 4.16. The highest BCUT2D eigenvalue weighted by molar-refractivity contribution is 5.89. The summed E-state index contributed by atoms with van der Waals surface area (Å²) in [6.07, 6.45) is 2.99. The minimum Gasteiger partial charge on any atom is -0.363 e. The Labute approximate surface area is 130 Å². The summed E-state index contributed by atoms with van der Waals surface area (Å²) in [6, 6.07) is 5.46. The molecule has 0 saturated carbocycles. The number of carbonyl (C=O) groups is 1. The topological polar surface area (TPSA) is 72.7 Å². The molecule has 1 aliphatic heterocycles. The normalized spacial score (nSPS) is 20.4. The van der Waals surface area contributed by atoms with Crippen LogP contribution in [0.2, 0.25) is 0 Å². The van der Waals surface area contributed by atoms with Crippen LogP contribution in [0.5, 0.6) is 0 Å². The van der Waals surface area contributed by atoms with Crippen LogP contribution in [0.15, 0.2) is 24.3 Å². The Morgan fingerprint density at radius 2 is 1.64 bits per heavy atom. The molecule has 0 bridgehead atoms. The summed E-state index contributed by atoms with van der Waals surface area (Å²) in [5.74, 6) is -0.488. The maximum atomic E-state index is 12.3. The molecule has 0 radical (unpaired) electrons. The van der Waals surface area contributed by atoms with Gasteiger partial charge in [-0.1, -0.05) is 0 Å². The third kappa shape index (κ3) is 3.27. The van der Waals surface area contributed by atoms with Crippen LogP contribution in [-0.4, -0.2) is 27.0 Å². The molecular formula is C16H22N2O4. The van der Waals surface area contributed by atoms with Crippen molar-refractivity contribution in [2.75, 3.05) is 0 Å². The monoisotopic (exact) mass is 306 g/mol. The van der Waals surface area contributed by atoms with E-state index in [1.807, 2.05) is 0 Å². The zero-order valence-electron chi connectivity index (χ0n) is 13.5. The van der Waals surface area contributed by atoms with Crippen molar-refractivity contribution in [3.8, 4) is 0 Å². The van der Waals surface area contributed by atoms with Gasteiger partial charge >= 0.3 is 5.97 Å². The fourth-order valence-electron chi connectivity index (χ4n) is 3.08. The van der Waals surface area contributed by atoms with Gasteiger partial charge in [-0.25, -0.2) is 4.79 Å². The first-order valence-corrected chi connectivity index (χ1v) is 7.41. The first-order valence-electron chi connectivity index (χ1n) is 7.41. The Bertz CT molecular complexity index is 562. The lowest BCUT2D eigenvalue weighted by Crippen LogP contribution is -2.58. The van der Waals surface area contributed by atoms with Crippen molar-refractivity contribution in [3.05, 3.63) is 39.9 Å². The molecule has 6 nitrogen and oxygen atoms in total. The third-order valence-corrected chi connectivity index (χ3v) is 4.16. The van der Waals surface area contributed by atoms with Crippen LogP contribution in [0.1, 0.15) is 57.3 Å². The summed E-state index contributed by atoms with van der Waals surface area (Å²) in [4.78, 5) is 28.1. The molecule has 1 aliphatic rings. The number of carbonyl (C=O) groups excluding carboxylic acids is 1. The highest BCUT2D eigenvalue weighted by atomic mass is 16.7. The minimum absolute atomic E-state index is 0.0461. The van der Waals surface area contributed by atoms with Gasteiger partial charge < -0.3 is 4.84 Å². The molecule has 0 N–H and O–H groups in total. The van der Waals surface area contributed by atoms with Crippen LogP contribution in [-0.2, 0) is 4.84 Å². The van der Waals surface area contributed by atoms with Gasteiger partial charge in [0.15, 0.2) is 0 Å². The quantitative estimate of drug-likeness (QED) is 0.628. The van der Waals surface area contributed by atoms with E-state index in [4.69, 9.17) is 4.84 Å². The summed E-state index contributed by atoms with van der Waals surface area (Å²) >= 11 is 0. The Morgan fingerprint density at radius 3 is 2.09 bits per heavy atom.